The van der Waals surface area contributed by atoms with E-state index in [9.17, 15) is 15.3 Å². The highest BCUT2D eigenvalue weighted by Gasteiger charge is 2.24. The summed E-state index contributed by atoms with van der Waals surface area (Å²) >= 11 is 0. The molecule has 2 fully saturated rings. The maximum atomic E-state index is 10.2. The number of β-amino-alcohol motifs (C(OH)–C–C–N with tert-alkyl or cyclic N) is 2. The summed E-state index contributed by atoms with van der Waals surface area (Å²) in [6, 6.07) is 5.80. The van der Waals surface area contributed by atoms with Gasteiger partial charge < -0.3 is 29.7 Å². The number of hydrogen-bond acceptors (Lipinski definition) is 7. The minimum Gasteiger partial charge on any atom is -0.493 e. The van der Waals surface area contributed by atoms with Crippen LogP contribution in [-0.2, 0) is 6.54 Å². The molecule has 0 saturated carbocycles. The molecule has 2 aliphatic heterocycles. The number of aliphatic hydroxyl groups is 3. The number of benzene rings is 1. The van der Waals surface area contributed by atoms with Gasteiger partial charge in [-0.25, -0.2) is 0 Å². The molecule has 3 rings (SSSR count). The average Bonchev–Trinajstić information content (AvgIpc) is 2.61. The zero-order valence-electron chi connectivity index (χ0n) is 15.4. The number of methoxy groups -OCH3 is 1. The van der Waals surface area contributed by atoms with Crippen molar-refractivity contribution in [2.24, 2.45) is 0 Å². The predicted molar refractivity (Wildman–Crippen MR) is 97.5 cm³/mol. The maximum Gasteiger partial charge on any atom is 0.161 e. The van der Waals surface area contributed by atoms with Gasteiger partial charge in [-0.2, -0.15) is 0 Å². The fourth-order valence-electron chi connectivity index (χ4n) is 3.50. The van der Waals surface area contributed by atoms with Crippen LogP contribution in [-0.4, -0.2) is 89.9 Å². The quantitative estimate of drug-likeness (QED) is 0.600. The molecule has 1 atom stereocenters. The smallest absolute Gasteiger partial charge is 0.161 e. The van der Waals surface area contributed by atoms with Gasteiger partial charge in [-0.1, -0.05) is 6.07 Å². The first-order chi connectivity index (χ1) is 12.5. The Balaban J connectivity index is 1.47. The Kier molecular flexibility index (Phi) is 6.72. The van der Waals surface area contributed by atoms with Crippen LogP contribution >= 0.6 is 0 Å². The summed E-state index contributed by atoms with van der Waals surface area (Å²) in [5.41, 5.74) is 1.11. The van der Waals surface area contributed by atoms with Crippen molar-refractivity contribution >= 4 is 0 Å². The largest absolute Gasteiger partial charge is 0.493 e. The van der Waals surface area contributed by atoms with Crippen LogP contribution in [0.4, 0.5) is 0 Å². The van der Waals surface area contributed by atoms with Crippen LogP contribution in [0.3, 0.4) is 0 Å². The van der Waals surface area contributed by atoms with E-state index in [2.05, 4.69) is 9.80 Å². The van der Waals surface area contributed by atoms with Gasteiger partial charge in [0.2, 0.25) is 0 Å². The molecule has 1 aromatic rings. The Morgan fingerprint density at radius 3 is 2.46 bits per heavy atom. The summed E-state index contributed by atoms with van der Waals surface area (Å²) in [6.07, 6.45) is 0.525. The zero-order chi connectivity index (χ0) is 18.5. The Morgan fingerprint density at radius 2 is 1.81 bits per heavy atom. The number of likely N-dealkylation sites (tertiary alicyclic amines) is 2. The average molecular weight is 366 g/mol. The molecule has 0 radical (unpaired) electrons. The van der Waals surface area contributed by atoms with Crippen LogP contribution in [0, 0.1) is 0 Å². The van der Waals surface area contributed by atoms with Crippen LogP contribution < -0.4 is 9.47 Å². The lowest BCUT2D eigenvalue weighted by Gasteiger charge is -2.35. The first-order valence-electron chi connectivity index (χ1n) is 9.32. The lowest BCUT2D eigenvalue weighted by molar-refractivity contribution is -0.00290. The monoisotopic (exact) mass is 366 g/mol. The van der Waals surface area contributed by atoms with Crippen LogP contribution in [0.1, 0.15) is 18.4 Å². The molecule has 0 amide bonds. The number of hydrogen-bond donors (Lipinski definition) is 3. The van der Waals surface area contributed by atoms with Gasteiger partial charge in [0.15, 0.2) is 11.5 Å². The molecule has 0 aliphatic carbocycles. The minimum atomic E-state index is -0.586. The summed E-state index contributed by atoms with van der Waals surface area (Å²) in [7, 11) is 1.61. The van der Waals surface area contributed by atoms with Gasteiger partial charge in [-0.05, 0) is 30.5 Å². The molecule has 7 heteroatoms. The molecule has 2 heterocycles. The van der Waals surface area contributed by atoms with Crippen molar-refractivity contribution in [1.29, 1.82) is 0 Å². The molecule has 0 spiro atoms. The van der Waals surface area contributed by atoms with E-state index in [0.29, 0.717) is 31.1 Å². The van der Waals surface area contributed by atoms with Gasteiger partial charge in [0.25, 0.3) is 0 Å². The molecular formula is C19H30N2O5. The summed E-state index contributed by atoms with van der Waals surface area (Å²) in [5, 5.41) is 29.1. The highest BCUT2D eigenvalue weighted by molar-refractivity contribution is 5.43. The van der Waals surface area contributed by atoms with Crippen LogP contribution in [0.2, 0.25) is 0 Å². The third-order valence-corrected chi connectivity index (χ3v) is 5.03. The SMILES string of the molecule is COc1cc(CN2CC(O)C2)ccc1OCC(O)CN1CCC(O)CC1. The van der Waals surface area contributed by atoms with Gasteiger partial charge in [-0.3, -0.25) is 4.90 Å². The Bertz CT molecular complexity index is 571. The molecule has 2 aliphatic rings. The molecular weight excluding hydrogens is 336 g/mol. The summed E-state index contributed by atoms with van der Waals surface area (Å²) in [6.45, 7) is 4.55. The van der Waals surface area contributed by atoms with Crippen LogP contribution in [0.15, 0.2) is 18.2 Å². The predicted octanol–water partition coefficient (Wildman–Crippen LogP) is 0.0681. The molecule has 3 N–H and O–H groups in total. The van der Waals surface area contributed by atoms with E-state index < -0.39 is 6.10 Å². The molecule has 0 bridgehead atoms. The Morgan fingerprint density at radius 1 is 1.08 bits per heavy atom. The summed E-state index contributed by atoms with van der Waals surface area (Å²) in [5.74, 6) is 1.27. The van der Waals surface area contributed by atoms with Crippen molar-refractivity contribution in [3.8, 4) is 11.5 Å². The highest BCUT2D eigenvalue weighted by atomic mass is 16.5. The topological polar surface area (TPSA) is 85.6 Å². The molecule has 7 nitrogen and oxygen atoms in total. The molecule has 1 unspecified atom stereocenters. The van der Waals surface area contributed by atoms with Crippen molar-refractivity contribution in [1.82, 2.24) is 9.80 Å². The standard InChI is InChI=1S/C19H30N2O5/c1-25-19-8-14(9-21-10-16(23)11-21)2-3-18(19)26-13-17(24)12-20-6-4-15(22)5-7-20/h2-3,8,15-17,22-24H,4-7,9-13H2,1H3. The molecule has 146 valence electrons. The fraction of sp³-hybridized carbons (Fsp3) is 0.684. The fourth-order valence-corrected chi connectivity index (χ4v) is 3.50. The van der Waals surface area contributed by atoms with Gasteiger partial charge in [0.05, 0.1) is 19.3 Å². The van der Waals surface area contributed by atoms with E-state index in [1.54, 1.807) is 7.11 Å². The van der Waals surface area contributed by atoms with Crippen molar-refractivity contribution < 1.29 is 24.8 Å². The molecule has 1 aromatic carbocycles. The summed E-state index contributed by atoms with van der Waals surface area (Å²) < 4.78 is 11.2. The van der Waals surface area contributed by atoms with E-state index in [0.717, 1.165) is 38.0 Å². The van der Waals surface area contributed by atoms with Gasteiger partial charge in [-0.15, -0.1) is 0 Å². The normalized spacial score (nSPS) is 21.4. The van der Waals surface area contributed by atoms with E-state index in [1.807, 2.05) is 18.2 Å². The Labute approximate surface area is 154 Å². The number of aliphatic hydroxyl groups excluding tert-OH is 3. The third kappa shape index (κ3) is 5.31. The molecule has 2 saturated heterocycles. The maximum absolute atomic E-state index is 10.2. The zero-order valence-corrected chi connectivity index (χ0v) is 15.4. The summed E-state index contributed by atoms with van der Waals surface area (Å²) in [4.78, 5) is 4.32. The van der Waals surface area contributed by atoms with E-state index in [1.165, 1.54) is 0 Å². The van der Waals surface area contributed by atoms with E-state index >= 15 is 0 Å². The highest BCUT2D eigenvalue weighted by Crippen LogP contribution is 2.29. The molecule has 0 aromatic heterocycles. The van der Waals surface area contributed by atoms with E-state index in [-0.39, 0.29) is 18.8 Å². The Hall–Kier alpha value is -1.38. The minimum absolute atomic E-state index is 0.201. The van der Waals surface area contributed by atoms with Crippen molar-refractivity contribution in [2.45, 2.75) is 37.7 Å². The number of rotatable bonds is 8. The third-order valence-electron chi connectivity index (χ3n) is 5.03. The number of piperidine rings is 1. The van der Waals surface area contributed by atoms with Crippen LogP contribution in [0.25, 0.3) is 0 Å². The lowest BCUT2D eigenvalue weighted by Crippen LogP contribution is -2.49. The second-order valence-electron chi connectivity index (χ2n) is 7.33. The first-order valence-corrected chi connectivity index (χ1v) is 9.32. The van der Waals surface area contributed by atoms with Crippen LogP contribution in [0.5, 0.6) is 11.5 Å². The number of ether oxygens (including phenoxy) is 2. The van der Waals surface area contributed by atoms with Crippen molar-refractivity contribution in [2.75, 3.05) is 46.4 Å². The molecule has 26 heavy (non-hydrogen) atoms. The van der Waals surface area contributed by atoms with Gasteiger partial charge in [0, 0.05) is 39.3 Å². The van der Waals surface area contributed by atoms with Crippen molar-refractivity contribution in [3.05, 3.63) is 23.8 Å². The first kappa shape index (κ1) is 19.4. The number of nitrogens with zero attached hydrogens (tertiary/aromatic N) is 2. The second-order valence-corrected chi connectivity index (χ2v) is 7.33. The van der Waals surface area contributed by atoms with Gasteiger partial charge >= 0.3 is 0 Å². The van der Waals surface area contributed by atoms with E-state index in [4.69, 9.17) is 9.47 Å². The lowest BCUT2D eigenvalue weighted by atomic mass is 10.1. The second kappa shape index (κ2) is 9.01. The van der Waals surface area contributed by atoms with Crippen molar-refractivity contribution in [3.63, 3.8) is 0 Å². The van der Waals surface area contributed by atoms with Gasteiger partial charge in [0.1, 0.15) is 12.7 Å².